The fourth-order valence-corrected chi connectivity index (χ4v) is 4.59. The predicted octanol–water partition coefficient (Wildman–Crippen LogP) is 3.22. The van der Waals surface area contributed by atoms with Gasteiger partial charge in [0.2, 0.25) is 5.91 Å². The summed E-state index contributed by atoms with van der Waals surface area (Å²) >= 11 is 0. The summed E-state index contributed by atoms with van der Waals surface area (Å²) in [5.74, 6) is 0.314. The lowest BCUT2D eigenvalue weighted by Gasteiger charge is -2.42. The average molecular weight is 335 g/mol. The zero-order chi connectivity index (χ0) is 15.0. The zero-order valence-electron chi connectivity index (χ0n) is 13.6. The van der Waals surface area contributed by atoms with Gasteiger partial charge in [-0.25, -0.2) is 0 Å². The maximum absolute atomic E-state index is 12.9. The molecule has 2 unspecified atom stereocenters. The summed E-state index contributed by atoms with van der Waals surface area (Å²) in [7, 11) is 0. The van der Waals surface area contributed by atoms with E-state index in [2.05, 4.69) is 34.9 Å². The highest BCUT2D eigenvalue weighted by Gasteiger charge is 2.45. The first-order valence-electron chi connectivity index (χ1n) is 8.84. The number of hydrogen-bond donors (Lipinski definition) is 2. The van der Waals surface area contributed by atoms with Crippen molar-refractivity contribution in [3.05, 3.63) is 35.9 Å². The third-order valence-corrected chi connectivity index (χ3v) is 5.99. The molecule has 0 aromatic heterocycles. The minimum Gasteiger partial charge on any atom is -0.353 e. The molecule has 3 aliphatic rings. The smallest absolute Gasteiger partial charge is 0.226 e. The Morgan fingerprint density at radius 3 is 2.35 bits per heavy atom. The Hall–Kier alpha value is -1.06. The third kappa shape index (κ3) is 3.41. The van der Waals surface area contributed by atoms with Crippen LogP contribution in [0.3, 0.4) is 0 Å². The van der Waals surface area contributed by atoms with E-state index in [4.69, 9.17) is 0 Å². The van der Waals surface area contributed by atoms with Gasteiger partial charge in [0.05, 0.1) is 5.41 Å². The number of nitrogens with one attached hydrogen (secondary N) is 2. The van der Waals surface area contributed by atoms with Gasteiger partial charge >= 0.3 is 0 Å². The maximum atomic E-state index is 12.9. The summed E-state index contributed by atoms with van der Waals surface area (Å²) in [4.78, 5) is 12.9. The average Bonchev–Trinajstić information content (AvgIpc) is 2.83. The molecule has 1 aliphatic carbocycles. The van der Waals surface area contributed by atoms with Crippen LogP contribution in [0.15, 0.2) is 30.3 Å². The summed E-state index contributed by atoms with van der Waals surface area (Å²) in [5, 5.41) is 7.05. The number of carbonyl (C=O) groups excluding carboxylic acids is 1. The minimum absolute atomic E-state index is 0. The molecular weight excluding hydrogens is 308 g/mol. The number of fused-ring (bicyclic) bond motifs is 2. The second-order valence-corrected chi connectivity index (χ2v) is 7.58. The van der Waals surface area contributed by atoms with Crippen LogP contribution in [0.2, 0.25) is 0 Å². The van der Waals surface area contributed by atoms with Crippen molar-refractivity contribution in [2.24, 2.45) is 5.41 Å². The Bertz CT molecular complexity index is 532. The van der Waals surface area contributed by atoms with Crippen LogP contribution in [0.5, 0.6) is 0 Å². The van der Waals surface area contributed by atoms with Gasteiger partial charge in [0.25, 0.3) is 0 Å². The number of carbonyl (C=O) groups is 1. The van der Waals surface area contributed by atoms with Crippen molar-refractivity contribution in [2.45, 2.75) is 69.5 Å². The quantitative estimate of drug-likeness (QED) is 0.887. The largest absolute Gasteiger partial charge is 0.353 e. The first-order valence-corrected chi connectivity index (χ1v) is 8.84. The molecule has 0 radical (unpaired) electrons. The summed E-state index contributed by atoms with van der Waals surface area (Å²) < 4.78 is 0. The molecule has 0 spiro atoms. The lowest BCUT2D eigenvalue weighted by atomic mass is 9.64. The number of rotatable bonds is 4. The monoisotopic (exact) mass is 334 g/mol. The van der Waals surface area contributed by atoms with Crippen LogP contribution in [0.1, 0.15) is 50.5 Å². The van der Waals surface area contributed by atoms with Crippen molar-refractivity contribution >= 4 is 18.3 Å². The minimum atomic E-state index is -0.134. The first kappa shape index (κ1) is 16.8. The molecule has 126 valence electrons. The molecule has 2 heterocycles. The van der Waals surface area contributed by atoms with Crippen LogP contribution in [0.4, 0.5) is 0 Å². The molecule has 2 N–H and O–H groups in total. The van der Waals surface area contributed by atoms with E-state index >= 15 is 0 Å². The number of amides is 1. The first-order chi connectivity index (χ1) is 10.7. The summed E-state index contributed by atoms with van der Waals surface area (Å²) in [6.07, 6.45) is 8.98. The molecule has 1 amide bonds. The van der Waals surface area contributed by atoms with E-state index in [-0.39, 0.29) is 17.8 Å². The fourth-order valence-electron chi connectivity index (χ4n) is 4.59. The topological polar surface area (TPSA) is 41.1 Å². The SMILES string of the molecule is Cl.O=C(NC1CC2CCC(C1)N2)C1(Cc2ccccc2)CCC1. The normalized spacial score (nSPS) is 30.9. The number of hydrogen-bond acceptors (Lipinski definition) is 2. The van der Waals surface area contributed by atoms with E-state index in [1.54, 1.807) is 0 Å². The van der Waals surface area contributed by atoms with E-state index in [0.29, 0.717) is 24.0 Å². The zero-order valence-corrected chi connectivity index (χ0v) is 14.4. The molecule has 4 rings (SSSR count). The van der Waals surface area contributed by atoms with Crippen LogP contribution in [0, 0.1) is 5.41 Å². The summed E-state index contributed by atoms with van der Waals surface area (Å²) in [6, 6.07) is 12.2. The van der Waals surface area contributed by atoms with Crippen LogP contribution in [-0.2, 0) is 11.2 Å². The van der Waals surface area contributed by atoms with Crippen molar-refractivity contribution < 1.29 is 4.79 Å². The van der Waals surface area contributed by atoms with Gasteiger partial charge in [-0.3, -0.25) is 4.79 Å². The molecule has 23 heavy (non-hydrogen) atoms. The van der Waals surface area contributed by atoms with E-state index < -0.39 is 0 Å². The lowest BCUT2D eigenvalue weighted by Crippen LogP contribution is -2.54. The number of benzene rings is 1. The molecule has 2 bridgehead atoms. The number of piperidine rings is 1. The fraction of sp³-hybridized carbons (Fsp3) is 0.632. The molecule has 3 fully saturated rings. The number of halogens is 1. The van der Waals surface area contributed by atoms with Crippen LogP contribution in [-0.4, -0.2) is 24.0 Å². The highest BCUT2D eigenvalue weighted by Crippen LogP contribution is 2.44. The van der Waals surface area contributed by atoms with E-state index in [0.717, 1.165) is 32.1 Å². The molecule has 1 saturated carbocycles. The standard InChI is InChI=1S/C19H26N2O.ClH/c22-18(21-17-11-15-7-8-16(12-17)20-15)19(9-4-10-19)13-14-5-2-1-3-6-14;/h1-3,5-6,15-17,20H,4,7-13H2,(H,21,22);1H. The maximum Gasteiger partial charge on any atom is 0.226 e. The van der Waals surface area contributed by atoms with Gasteiger partial charge in [-0.05, 0) is 50.5 Å². The van der Waals surface area contributed by atoms with Gasteiger partial charge in [-0.1, -0.05) is 36.8 Å². The molecule has 2 saturated heterocycles. The lowest BCUT2D eigenvalue weighted by molar-refractivity contribution is -0.137. The Morgan fingerprint density at radius 1 is 1.13 bits per heavy atom. The van der Waals surface area contributed by atoms with Gasteiger partial charge in [0, 0.05) is 18.1 Å². The van der Waals surface area contributed by atoms with Crippen molar-refractivity contribution in [3.63, 3.8) is 0 Å². The highest BCUT2D eigenvalue weighted by molar-refractivity contribution is 5.85. The van der Waals surface area contributed by atoms with E-state index in [1.807, 2.05) is 6.07 Å². The van der Waals surface area contributed by atoms with E-state index in [9.17, 15) is 4.79 Å². The second kappa shape index (κ2) is 6.82. The molecule has 2 aliphatic heterocycles. The van der Waals surface area contributed by atoms with Gasteiger partial charge in [0.1, 0.15) is 0 Å². The molecule has 3 nitrogen and oxygen atoms in total. The molecular formula is C19H27ClN2O. The van der Waals surface area contributed by atoms with Crippen LogP contribution < -0.4 is 10.6 Å². The Labute approximate surface area is 145 Å². The van der Waals surface area contributed by atoms with Crippen LogP contribution in [0.25, 0.3) is 0 Å². The summed E-state index contributed by atoms with van der Waals surface area (Å²) in [5.41, 5.74) is 1.16. The predicted molar refractivity (Wildman–Crippen MR) is 94.8 cm³/mol. The van der Waals surface area contributed by atoms with E-state index in [1.165, 1.54) is 24.8 Å². The van der Waals surface area contributed by atoms with Crippen molar-refractivity contribution in [2.75, 3.05) is 0 Å². The third-order valence-electron chi connectivity index (χ3n) is 5.99. The second-order valence-electron chi connectivity index (χ2n) is 7.58. The van der Waals surface area contributed by atoms with Crippen molar-refractivity contribution in [3.8, 4) is 0 Å². The van der Waals surface area contributed by atoms with Gasteiger partial charge in [0.15, 0.2) is 0 Å². The molecule has 1 aromatic rings. The Balaban J connectivity index is 0.00000156. The van der Waals surface area contributed by atoms with Gasteiger partial charge < -0.3 is 10.6 Å². The molecule has 2 atom stereocenters. The van der Waals surface area contributed by atoms with Crippen molar-refractivity contribution in [1.29, 1.82) is 0 Å². The van der Waals surface area contributed by atoms with Gasteiger partial charge in [-0.2, -0.15) is 0 Å². The molecule has 4 heteroatoms. The van der Waals surface area contributed by atoms with Crippen LogP contribution >= 0.6 is 12.4 Å². The summed E-state index contributed by atoms with van der Waals surface area (Å²) in [6.45, 7) is 0. The van der Waals surface area contributed by atoms with Gasteiger partial charge in [-0.15, -0.1) is 12.4 Å². The Morgan fingerprint density at radius 2 is 1.78 bits per heavy atom. The Kier molecular flexibility index (Phi) is 4.98. The highest BCUT2D eigenvalue weighted by atomic mass is 35.5. The van der Waals surface area contributed by atoms with Crippen molar-refractivity contribution in [1.82, 2.24) is 10.6 Å². The molecule has 1 aromatic carbocycles.